The smallest absolute Gasteiger partial charge is 0.252 e. The molecule has 0 saturated heterocycles. The number of nitrogens with zero attached hydrogens (tertiary/aromatic N) is 5. The molecule has 0 amide bonds. The van der Waals surface area contributed by atoms with E-state index in [-0.39, 0.29) is 11.6 Å². The fraction of sp³-hybridized carbons (Fsp3) is 0.310. The minimum Gasteiger partial charge on any atom is -0.497 e. The van der Waals surface area contributed by atoms with Crippen molar-refractivity contribution in [2.75, 3.05) is 7.11 Å². The van der Waals surface area contributed by atoms with Crippen LogP contribution < -0.4 is 10.3 Å². The molecule has 9 heteroatoms. The van der Waals surface area contributed by atoms with Crippen LogP contribution in [0.25, 0.3) is 10.9 Å². The number of thiophene rings is 1. The first-order valence-electron chi connectivity index (χ1n) is 12.7. The van der Waals surface area contributed by atoms with Gasteiger partial charge in [-0.3, -0.25) is 9.69 Å². The molecule has 8 nitrogen and oxygen atoms in total. The number of fused-ring (bicyclic) bond motifs is 1. The van der Waals surface area contributed by atoms with Crippen molar-refractivity contribution in [2.45, 2.75) is 52.9 Å². The molecule has 2 aromatic carbocycles. The topological polar surface area (TPSA) is 88.9 Å². The molecule has 5 aromatic rings. The van der Waals surface area contributed by atoms with Gasteiger partial charge < -0.3 is 9.72 Å². The molecule has 0 bridgehead atoms. The Balaban J connectivity index is 1.50. The van der Waals surface area contributed by atoms with E-state index in [2.05, 4.69) is 62.8 Å². The maximum absolute atomic E-state index is 13.2. The lowest BCUT2D eigenvalue weighted by Gasteiger charge is -2.30. The highest BCUT2D eigenvalue weighted by Crippen LogP contribution is 2.28. The number of hydrogen-bond acceptors (Lipinski definition) is 7. The fourth-order valence-corrected chi connectivity index (χ4v) is 5.73. The second-order valence-corrected chi connectivity index (χ2v) is 10.7. The first kappa shape index (κ1) is 25.8. The summed E-state index contributed by atoms with van der Waals surface area (Å²) in [5.41, 5.74) is 4.90. The number of methoxy groups -OCH3 is 1. The van der Waals surface area contributed by atoms with Gasteiger partial charge in [0, 0.05) is 34.4 Å². The molecule has 3 heterocycles. The van der Waals surface area contributed by atoms with Gasteiger partial charge in [0.15, 0.2) is 5.82 Å². The van der Waals surface area contributed by atoms with E-state index in [1.54, 1.807) is 18.4 Å². The number of tetrazole rings is 1. The van der Waals surface area contributed by atoms with Gasteiger partial charge in [0.2, 0.25) is 0 Å². The summed E-state index contributed by atoms with van der Waals surface area (Å²) in [4.78, 5) is 19.9. The molecular weight excluding hydrogens is 496 g/mol. The Bertz CT molecular complexity index is 1570. The van der Waals surface area contributed by atoms with Gasteiger partial charge in [-0.05, 0) is 83.1 Å². The molecule has 0 saturated carbocycles. The quantitative estimate of drug-likeness (QED) is 0.261. The summed E-state index contributed by atoms with van der Waals surface area (Å²) in [7, 11) is 1.66. The van der Waals surface area contributed by atoms with Crippen molar-refractivity contribution in [3.8, 4) is 5.75 Å². The van der Waals surface area contributed by atoms with Crippen molar-refractivity contribution in [1.82, 2.24) is 30.1 Å². The average molecular weight is 529 g/mol. The lowest BCUT2D eigenvalue weighted by Crippen LogP contribution is -2.32. The average Bonchev–Trinajstić information content (AvgIpc) is 3.58. The van der Waals surface area contributed by atoms with Crippen LogP contribution in [0.15, 0.2) is 64.8 Å². The van der Waals surface area contributed by atoms with Crippen LogP contribution in [-0.2, 0) is 19.6 Å². The Morgan fingerprint density at radius 2 is 1.92 bits per heavy atom. The number of benzene rings is 2. The minimum atomic E-state index is -0.0837. The number of aryl methyl sites for hydroxylation is 2. The van der Waals surface area contributed by atoms with E-state index in [1.165, 1.54) is 4.88 Å². The summed E-state index contributed by atoms with van der Waals surface area (Å²) < 4.78 is 7.15. The van der Waals surface area contributed by atoms with Crippen molar-refractivity contribution in [3.05, 3.63) is 103 Å². The van der Waals surface area contributed by atoms with Crippen LogP contribution in [0.5, 0.6) is 5.75 Å². The normalized spacial score (nSPS) is 12.3. The predicted octanol–water partition coefficient (Wildman–Crippen LogP) is 5.40. The summed E-state index contributed by atoms with van der Waals surface area (Å²) in [6, 6.07) is 18.2. The van der Waals surface area contributed by atoms with Crippen molar-refractivity contribution in [2.24, 2.45) is 0 Å². The molecule has 5 rings (SSSR count). The van der Waals surface area contributed by atoms with Crippen LogP contribution in [0, 0.1) is 13.8 Å². The summed E-state index contributed by atoms with van der Waals surface area (Å²) >= 11 is 1.71. The minimum absolute atomic E-state index is 0.0636. The number of H-pyrrole nitrogens is 1. The van der Waals surface area contributed by atoms with Crippen molar-refractivity contribution >= 4 is 22.2 Å². The standard InChI is InChI=1S/C29H32N6O2S/c1-5-27(28-31-32-33-35(28)16-21-8-10-23(37-4)11-9-21)34(18-24-7-6-12-38-24)17-22-15-25-20(3)13-19(2)14-26(25)30-29(22)36/h6-15,27H,5,16-18H2,1-4H3,(H,30,36)/t27-/m0/s1. The van der Waals surface area contributed by atoms with Crippen molar-refractivity contribution in [3.63, 3.8) is 0 Å². The van der Waals surface area contributed by atoms with E-state index in [0.717, 1.165) is 51.2 Å². The van der Waals surface area contributed by atoms with Gasteiger partial charge in [-0.1, -0.05) is 31.2 Å². The lowest BCUT2D eigenvalue weighted by atomic mass is 10.0. The number of aromatic nitrogens is 5. The maximum atomic E-state index is 13.2. The van der Waals surface area contributed by atoms with Crippen LogP contribution in [0.4, 0.5) is 0 Å². The zero-order valence-electron chi connectivity index (χ0n) is 22.1. The molecular formula is C29H32N6O2S. The molecule has 3 aromatic heterocycles. The second-order valence-electron chi connectivity index (χ2n) is 9.62. The lowest BCUT2D eigenvalue weighted by molar-refractivity contribution is 0.163. The van der Waals surface area contributed by atoms with E-state index in [0.29, 0.717) is 19.6 Å². The SMILES string of the molecule is CC[C@@H](c1nnnn1Cc1ccc(OC)cc1)N(Cc1cccs1)Cc1cc2c(C)cc(C)cc2[nH]c1=O. The summed E-state index contributed by atoms with van der Waals surface area (Å²) in [6.07, 6.45) is 0.790. The first-order valence-corrected chi connectivity index (χ1v) is 13.6. The van der Waals surface area contributed by atoms with Crippen LogP contribution in [0.1, 0.15) is 52.3 Å². The van der Waals surface area contributed by atoms with Crippen LogP contribution in [0.3, 0.4) is 0 Å². The van der Waals surface area contributed by atoms with Gasteiger partial charge >= 0.3 is 0 Å². The number of rotatable bonds is 10. The molecule has 1 atom stereocenters. The first-order chi connectivity index (χ1) is 18.4. The molecule has 0 aliphatic rings. The van der Waals surface area contributed by atoms with E-state index in [9.17, 15) is 4.79 Å². The monoisotopic (exact) mass is 528 g/mol. The largest absolute Gasteiger partial charge is 0.497 e. The molecule has 196 valence electrons. The summed E-state index contributed by atoms with van der Waals surface area (Å²) in [6.45, 7) is 7.98. The zero-order valence-corrected chi connectivity index (χ0v) is 23.0. The zero-order chi connectivity index (χ0) is 26.6. The van der Waals surface area contributed by atoms with Crippen molar-refractivity contribution < 1.29 is 4.74 Å². The van der Waals surface area contributed by atoms with E-state index in [1.807, 2.05) is 48.0 Å². The molecule has 0 radical (unpaired) electrons. The number of ether oxygens (including phenoxy) is 1. The molecule has 0 aliphatic heterocycles. The van der Waals surface area contributed by atoms with Gasteiger partial charge in [0.05, 0.1) is 19.7 Å². The number of hydrogen-bond donors (Lipinski definition) is 1. The van der Waals surface area contributed by atoms with E-state index in [4.69, 9.17) is 4.74 Å². The highest BCUT2D eigenvalue weighted by atomic mass is 32.1. The van der Waals surface area contributed by atoms with Crippen LogP contribution in [0.2, 0.25) is 0 Å². The third kappa shape index (κ3) is 5.54. The highest BCUT2D eigenvalue weighted by molar-refractivity contribution is 7.09. The molecule has 0 fully saturated rings. The molecule has 0 unspecified atom stereocenters. The van der Waals surface area contributed by atoms with E-state index < -0.39 is 0 Å². The fourth-order valence-electron chi connectivity index (χ4n) is 5.00. The van der Waals surface area contributed by atoms with Gasteiger partial charge in [0.25, 0.3) is 5.56 Å². The van der Waals surface area contributed by atoms with E-state index >= 15 is 0 Å². The van der Waals surface area contributed by atoms with Crippen LogP contribution >= 0.6 is 11.3 Å². The number of pyridine rings is 1. The Kier molecular flexibility index (Phi) is 7.67. The third-order valence-corrected chi connectivity index (χ3v) is 7.74. The maximum Gasteiger partial charge on any atom is 0.252 e. The molecule has 0 aliphatic carbocycles. The summed E-state index contributed by atoms with van der Waals surface area (Å²) in [5.74, 6) is 1.59. The number of aromatic amines is 1. The molecule has 0 spiro atoms. The molecule has 1 N–H and O–H groups in total. The predicted molar refractivity (Wildman–Crippen MR) is 151 cm³/mol. The van der Waals surface area contributed by atoms with Gasteiger partial charge in [0.1, 0.15) is 5.75 Å². The summed E-state index contributed by atoms with van der Waals surface area (Å²) in [5, 5.41) is 16.0. The van der Waals surface area contributed by atoms with Gasteiger partial charge in [-0.25, -0.2) is 4.68 Å². The molecule has 38 heavy (non-hydrogen) atoms. The van der Waals surface area contributed by atoms with Gasteiger partial charge in [-0.15, -0.1) is 16.4 Å². The Morgan fingerprint density at radius 1 is 1.11 bits per heavy atom. The Labute approximate surface area is 225 Å². The third-order valence-electron chi connectivity index (χ3n) is 6.88. The highest BCUT2D eigenvalue weighted by Gasteiger charge is 2.26. The van der Waals surface area contributed by atoms with Crippen LogP contribution in [-0.4, -0.2) is 37.2 Å². The Hall–Kier alpha value is -3.82. The van der Waals surface area contributed by atoms with Crippen molar-refractivity contribution in [1.29, 1.82) is 0 Å². The number of nitrogens with one attached hydrogen (secondary N) is 1. The Morgan fingerprint density at radius 3 is 2.63 bits per heavy atom. The second kappa shape index (κ2) is 11.3. The van der Waals surface area contributed by atoms with Gasteiger partial charge in [-0.2, -0.15) is 0 Å².